The van der Waals surface area contributed by atoms with E-state index in [0.29, 0.717) is 8.68 Å². The van der Waals surface area contributed by atoms with Crippen molar-refractivity contribution < 1.29 is 8.42 Å². The van der Waals surface area contributed by atoms with E-state index in [1.54, 1.807) is 11.4 Å². The van der Waals surface area contributed by atoms with E-state index in [4.69, 9.17) is 0 Å². The van der Waals surface area contributed by atoms with Crippen molar-refractivity contribution in [1.29, 1.82) is 0 Å². The zero-order valence-electron chi connectivity index (χ0n) is 7.58. The van der Waals surface area contributed by atoms with E-state index in [0.717, 1.165) is 12.8 Å². The first kappa shape index (κ1) is 10.6. The molecule has 14 heavy (non-hydrogen) atoms. The Morgan fingerprint density at radius 2 is 2.21 bits per heavy atom. The van der Waals surface area contributed by atoms with Crippen LogP contribution in [0.15, 0.2) is 20.1 Å². The average Bonchev–Trinajstić information content (AvgIpc) is 2.61. The van der Waals surface area contributed by atoms with Crippen LogP contribution in [-0.4, -0.2) is 14.0 Å². The van der Waals surface area contributed by atoms with Crippen LogP contribution < -0.4 is 4.72 Å². The fourth-order valence-corrected chi connectivity index (χ4v) is 4.94. The first-order valence-electron chi connectivity index (χ1n) is 4.20. The van der Waals surface area contributed by atoms with Gasteiger partial charge in [0.15, 0.2) is 0 Å². The predicted octanol–water partition coefficient (Wildman–Crippen LogP) is 2.34. The second-order valence-corrected chi connectivity index (χ2v) is 7.37. The molecule has 0 radical (unpaired) electrons. The molecule has 0 aliphatic heterocycles. The summed E-state index contributed by atoms with van der Waals surface area (Å²) in [6.07, 6.45) is 1.85. The summed E-state index contributed by atoms with van der Waals surface area (Å²) in [4.78, 5) is 0. The van der Waals surface area contributed by atoms with Gasteiger partial charge in [-0.15, -0.1) is 11.3 Å². The van der Waals surface area contributed by atoms with E-state index < -0.39 is 10.0 Å². The Hall–Kier alpha value is 0.0900. The van der Waals surface area contributed by atoms with Crippen molar-refractivity contribution in [2.45, 2.75) is 29.5 Å². The molecule has 2 rings (SSSR count). The Morgan fingerprint density at radius 1 is 1.57 bits per heavy atom. The largest absolute Gasteiger partial charge is 0.251 e. The average molecular weight is 296 g/mol. The van der Waals surface area contributed by atoms with E-state index in [9.17, 15) is 8.42 Å². The smallest absolute Gasteiger partial charge is 0.206 e. The molecule has 3 nitrogen and oxygen atoms in total. The molecule has 6 heteroatoms. The van der Waals surface area contributed by atoms with Gasteiger partial charge in [-0.2, -0.15) is 0 Å². The topological polar surface area (TPSA) is 46.2 Å². The fraction of sp³-hybridized carbons (Fsp3) is 0.500. The third kappa shape index (κ3) is 2.03. The molecule has 1 aliphatic carbocycles. The number of hydrogen-bond donors (Lipinski definition) is 1. The van der Waals surface area contributed by atoms with Crippen molar-refractivity contribution in [3.8, 4) is 0 Å². The standard InChI is InChI=1S/C8H10BrNO2S2/c1-8(3-4-8)10-14(11,12)7-6(9)2-5-13-7/h2,5,10H,3-4H2,1H3. The van der Waals surface area contributed by atoms with E-state index in [2.05, 4.69) is 20.7 Å². The van der Waals surface area contributed by atoms with Crippen LogP contribution in [0.1, 0.15) is 19.8 Å². The minimum absolute atomic E-state index is 0.206. The third-order valence-electron chi connectivity index (χ3n) is 2.21. The van der Waals surface area contributed by atoms with Gasteiger partial charge in [-0.1, -0.05) is 0 Å². The van der Waals surface area contributed by atoms with Crippen LogP contribution in [-0.2, 0) is 10.0 Å². The Bertz CT molecular complexity index is 448. The summed E-state index contributed by atoms with van der Waals surface area (Å²) < 4.78 is 27.4. The van der Waals surface area contributed by atoms with Gasteiger partial charge in [0.05, 0.1) is 0 Å². The summed E-state index contributed by atoms with van der Waals surface area (Å²) in [5, 5.41) is 1.76. The zero-order chi connectivity index (χ0) is 10.4. The van der Waals surface area contributed by atoms with E-state index in [-0.39, 0.29) is 5.54 Å². The molecule has 1 aromatic heterocycles. The number of rotatable bonds is 3. The molecule has 0 bridgehead atoms. The summed E-state index contributed by atoms with van der Waals surface area (Å²) in [5.41, 5.74) is -0.206. The Kier molecular flexibility index (Phi) is 2.50. The normalized spacial score (nSPS) is 19.6. The lowest BCUT2D eigenvalue weighted by Gasteiger charge is -2.10. The molecule has 1 fully saturated rings. The lowest BCUT2D eigenvalue weighted by molar-refractivity contribution is 0.560. The maximum atomic E-state index is 11.8. The second kappa shape index (κ2) is 3.30. The number of sulfonamides is 1. The highest BCUT2D eigenvalue weighted by atomic mass is 79.9. The predicted molar refractivity (Wildman–Crippen MR) is 60.0 cm³/mol. The first-order chi connectivity index (χ1) is 6.43. The first-order valence-corrected chi connectivity index (χ1v) is 7.36. The maximum absolute atomic E-state index is 11.8. The Labute approximate surface area is 95.7 Å². The lowest BCUT2D eigenvalue weighted by atomic mass is 10.4. The van der Waals surface area contributed by atoms with E-state index in [1.807, 2.05) is 6.92 Å². The number of hydrogen-bond acceptors (Lipinski definition) is 3. The molecular formula is C8H10BrNO2S2. The van der Waals surface area contributed by atoms with Gasteiger partial charge in [0.25, 0.3) is 10.0 Å². The van der Waals surface area contributed by atoms with Crippen LogP contribution in [0.4, 0.5) is 0 Å². The number of nitrogens with one attached hydrogen (secondary N) is 1. The molecule has 1 aliphatic rings. The molecular weight excluding hydrogens is 286 g/mol. The monoisotopic (exact) mass is 295 g/mol. The summed E-state index contributed by atoms with van der Waals surface area (Å²) in [6, 6.07) is 1.74. The summed E-state index contributed by atoms with van der Waals surface area (Å²) in [5.74, 6) is 0. The Balaban J connectivity index is 2.29. The minimum Gasteiger partial charge on any atom is -0.206 e. The van der Waals surface area contributed by atoms with Crippen LogP contribution in [0.3, 0.4) is 0 Å². The molecule has 1 N–H and O–H groups in total. The van der Waals surface area contributed by atoms with Crippen molar-refractivity contribution in [1.82, 2.24) is 4.72 Å². The van der Waals surface area contributed by atoms with Gasteiger partial charge in [-0.3, -0.25) is 0 Å². The van der Waals surface area contributed by atoms with Gasteiger partial charge in [0, 0.05) is 10.0 Å². The maximum Gasteiger partial charge on any atom is 0.251 e. The summed E-state index contributed by atoms with van der Waals surface area (Å²) in [7, 11) is -3.32. The van der Waals surface area contributed by atoms with Crippen LogP contribution in [0.5, 0.6) is 0 Å². The quantitative estimate of drug-likeness (QED) is 0.930. The van der Waals surface area contributed by atoms with Crippen LogP contribution in [0, 0.1) is 0 Å². The molecule has 0 aromatic carbocycles. The highest BCUT2D eigenvalue weighted by molar-refractivity contribution is 9.10. The van der Waals surface area contributed by atoms with Crippen LogP contribution in [0.25, 0.3) is 0 Å². The van der Waals surface area contributed by atoms with Crippen molar-refractivity contribution in [2.24, 2.45) is 0 Å². The molecule has 1 aromatic rings. The van der Waals surface area contributed by atoms with E-state index in [1.165, 1.54) is 11.3 Å². The van der Waals surface area contributed by atoms with Crippen LogP contribution in [0.2, 0.25) is 0 Å². The van der Waals surface area contributed by atoms with Gasteiger partial charge in [0.1, 0.15) is 4.21 Å². The fourth-order valence-electron chi connectivity index (χ4n) is 1.13. The number of halogens is 1. The summed E-state index contributed by atoms with van der Waals surface area (Å²) in [6.45, 7) is 1.92. The number of thiophene rings is 1. The van der Waals surface area contributed by atoms with Gasteiger partial charge < -0.3 is 0 Å². The highest BCUT2D eigenvalue weighted by Crippen LogP contribution is 2.37. The molecule has 0 spiro atoms. The molecule has 0 amide bonds. The zero-order valence-corrected chi connectivity index (χ0v) is 10.8. The second-order valence-electron chi connectivity index (χ2n) is 3.72. The molecule has 1 heterocycles. The van der Waals surface area contributed by atoms with Crippen molar-refractivity contribution >= 4 is 37.3 Å². The van der Waals surface area contributed by atoms with Gasteiger partial charge >= 0.3 is 0 Å². The van der Waals surface area contributed by atoms with E-state index >= 15 is 0 Å². The summed E-state index contributed by atoms with van der Waals surface area (Å²) >= 11 is 4.45. The Morgan fingerprint density at radius 3 is 2.64 bits per heavy atom. The molecule has 0 saturated heterocycles. The van der Waals surface area contributed by atoms with Crippen LogP contribution >= 0.6 is 27.3 Å². The van der Waals surface area contributed by atoms with Crippen molar-refractivity contribution in [3.63, 3.8) is 0 Å². The third-order valence-corrected chi connectivity index (χ3v) is 6.52. The van der Waals surface area contributed by atoms with Gasteiger partial charge in [0.2, 0.25) is 0 Å². The van der Waals surface area contributed by atoms with Gasteiger partial charge in [-0.25, -0.2) is 13.1 Å². The van der Waals surface area contributed by atoms with Crippen molar-refractivity contribution in [3.05, 3.63) is 15.9 Å². The highest BCUT2D eigenvalue weighted by Gasteiger charge is 2.41. The molecule has 78 valence electrons. The minimum atomic E-state index is -3.32. The molecule has 1 saturated carbocycles. The van der Waals surface area contributed by atoms with Crippen molar-refractivity contribution in [2.75, 3.05) is 0 Å². The lowest BCUT2D eigenvalue weighted by Crippen LogP contribution is -2.33. The van der Waals surface area contributed by atoms with Gasteiger partial charge in [-0.05, 0) is 47.1 Å². The molecule has 0 atom stereocenters. The molecule has 0 unspecified atom stereocenters. The SMILES string of the molecule is CC1(NS(=O)(=O)c2sccc2Br)CC1.